The van der Waals surface area contributed by atoms with Crippen LogP contribution in [0.15, 0.2) is 22.6 Å². The van der Waals surface area contributed by atoms with Gasteiger partial charge in [0, 0.05) is 17.5 Å². The standard InChI is InChI=1S/C15H19ClN2O/c16-11-4-5-12-13(8-11)19-14(18-12)9-15(10-17)6-2-1-3-7-15/h4-5,8H,1-3,6-7,9-10,17H2. The van der Waals surface area contributed by atoms with Gasteiger partial charge < -0.3 is 10.2 Å². The number of nitrogens with two attached hydrogens (primary N) is 1. The van der Waals surface area contributed by atoms with E-state index in [2.05, 4.69) is 4.98 Å². The van der Waals surface area contributed by atoms with E-state index in [9.17, 15) is 0 Å². The van der Waals surface area contributed by atoms with Gasteiger partial charge in [-0.1, -0.05) is 30.9 Å². The maximum atomic E-state index is 6.01. The van der Waals surface area contributed by atoms with Crippen LogP contribution in [0, 0.1) is 5.41 Å². The third kappa shape index (κ3) is 2.63. The van der Waals surface area contributed by atoms with Gasteiger partial charge in [-0.25, -0.2) is 4.98 Å². The lowest BCUT2D eigenvalue weighted by molar-refractivity contribution is 0.184. The number of aromatic nitrogens is 1. The summed E-state index contributed by atoms with van der Waals surface area (Å²) in [4.78, 5) is 4.56. The Morgan fingerprint density at radius 3 is 2.79 bits per heavy atom. The second-order valence-corrected chi connectivity index (χ2v) is 6.10. The summed E-state index contributed by atoms with van der Waals surface area (Å²) in [5.74, 6) is 0.796. The molecule has 0 spiro atoms. The fourth-order valence-corrected chi connectivity index (χ4v) is 3.26. The van der Waals surface area contributed by atoms with Crippen molar-refractivity contribution in [2.75, 3.05) is 6.54 Å². The third-order valence-corrected chi connectivity index (χ3v) is 4.50. The van der Waals surface area contributed by atoms with Gasteiger partial charge in [-0.05, 0) is 36.9 Å². The molecule has 0 atom stereocenters. The fourth-order valence-electron chi connectivity index (χ4n) is 3.10. The molecular formula is C15H19ClN2O. The normalized spacial score (nSPS) is 18.8. The average molecular weight is 279 g/mol. The Kier molecular flexibility index (Phi) is 3.50. The molecule has 2 aromatic rings. The minimum absolute atomic E-state index is 0.183. The fraction of sp³-hybridized carbons (Fsp3) is 0.533. The highest BCUT2D eigenvalue weighted by Crippen LogP contribution is 2.38. The minimum atomic E-state index is 0.183. The maximum absolute atomic E-state index is 6.01. The van der Waals surface area contributed by atoms with Crippen molar-refractivity contribution in [2.24, 2.45) is 11.1 Å². The molecule has 3 nitrogen and oxygen atoms in total. The van der Waals surface area contributed by atoms with Crippen molar-refractivity contribution in [1.82, 2.24) is 4.98 Å². The van der Waals surface area contributed by atoms with Gasteiger partial charge in [-0.3, -0.25) is 0 Å². The van der Waals surface area contributed by atoms with Crippen molar-refractivity contribution in [3.8, 4) is 0 Å². The third-order valence-electron chi connectivity index (χ3n) is 4.27. The Balaban J connectivity index is 1.87. The van der Waals surface area contributed by atoms with Crippen molar-refractivity contribution in [1.29, 1.82) is 0 Å². The van der Waals surface area contributed by atoms with Gasteiger partial charge in [0.15, 0.2) is 11.5 Å². The van der Waals surface area contributed by atoms with Gasteiger partial charge in [0.1, 0.15) is 5.52 Å². The monoisotopic (exact) mass is 278 g/mol. The Labute approximate surface area is 118 Å². The Hall–Kier alpha value is -1.06. The van der Waals surface area contributed by atoms with Crippen LogP contribution in [0.4, 0.5) is 0 Å². The van der Waals surface area contributed by atoms with Crippen LogP contribution in [0.2, 0.25) is 5.02 Å². The summed E-state index contributed by atoms with van der Waals surface area (Å²) in [6.45, 7) is 0.715. The van der Waals surface area contributed by atoms with Crippen LogP contribution in [-0.2, 0) is 6.42 Å². The molecule has 2 N–H and O–H groups in total. The van der Waals surface area contributed by atoms with E-state index in [-0.39, 0.29) is 5.41 Å². The molecule has 0 saturated heterocycles. The van der Waals surface area contributed by atoms with Gasteiger partial charge >= 0.3 is 0 Å². The van der Waals surface area contributed by atoms with E-state index in [1.54, 1.807) is 0 Å². The van der Waals surface area contributed by atoms with E-state index in [1.165, 1.54) is 32.1 Å². The van der Waals surface area contributed by atoms with Crippen LogP contribution in [0.25, 0.3) is 11.1 Å². The van der Waals surface area contributed by atoms with Crippen molar-refractivity contribution in [3.63, 3.8) is 0 Å². The van der Waals surface area contributed by atoms with E-state index in [0.29, 0.717) is 11.6 Å². The highest BCUT2D eigenvalue weighted by atomic mass is 35.5. The highest BCUT2D eigenvalue weighted by Gasteiger charge is 2.32. The molecule has 0 radical (unpaired) electrons. The molecule has 1 aliphatic rings. The predicted molar refractivity (Wildman–Crippen MR) is 77.3 cm³/mol. The summed E-state index contributed by atoms with van der Waals surface area (Å²) >= 11 is 5.97. The number of hydrogen-bond donors (Lipinski definition) is 1. The summed E-state index contributed by atoms with van der Waals surface area (Å²) in [7, 11) is 0. The van der Waals surface area contributed by atoms with Gasteiger partial charge in [-0.2, -0.15) is 0 Å². The molecule has 1 heterocycles. The van der Waals surface area contributed by atoms with Gasteiger partial charge in [0.2, 0.25) is 0 Å². The van der Waals surface area contributed by atoms with Crippen LogP contribution >= 0.6 is 11.6 Å². The van der Waals surface area contributed by atoms with Crippen LogP contribution < -0.4 is 5.73 Å². The molecular weight excluding hydrogens is 260 g/mol. The summed E-state index contributed by atoms with van der Waals surface area (Å²) in [5, 5.41) is 0.682. The second kappa shape index (κ2) is 5.14. The first-order valence-corrected chi connectivity index (χ1v) is 7.34. The van der Waals surface area contributed by atoms with Crippen molar-refractivity contribution in [3.05, 3.63) is 29.1 Å². The molecule has 0 aliphatic heterocycles. The maximum Gasteiger partial charge on any atom is 0.196 e. The van der Waals surface area contributed by atoms with Gasteiger partial charge in [0.05, 0.1) is 0 Å². The zero-order valence-corrected chi connectivity index (χ0v) is 11.7. The van der Waals surface area contributed by atoms with E-state index in [4.69, 9.17) is 21.8 Å². The van der Waals surface area contributed by atoms with Crippen LogP contribution in [-0.4, -0.2) is 11.5 Å². The molecule has 3 rings (SSSR count). The van der Waals surface area contributed by atoms with Crippen molar-refractivity contribution in [2.45, 2.75) is 38.5 Å². The Morgan fingerprint density at radius 2 is 2.05 bits per heavy atom. The summed E-state index contributed by atoms with van der Waals surface area (Å²) in [6.07, 6.45) is 7.07. The van der Waals surface area contributed by atoms with Gasteiger partial charge in [-0.15, -0.1) is 0 Å². The molecule has 4 heteroatoms. The molecule has 1 fully saturated rings. The van der Waals surface area contributed by atoms with E-state index in [1.807, 2.05) is 18.2 Å². The lowest BCUT2D eigenvalue weighted by Gasteiger charge is -2.35. The predicted octanol–water partition coefficient (Wildman–Crippen LogP) is 3.93. The molecule has 1 aromatic heterocycles. The average Bonchev–Trinajstić information content (AvgIpc) is 2.81. The summed E-state index contributed by atoms with van der Waals surface area (Å²) in [6, 6.07) is 5.57. The zero-order chi connectivity index (χ0) is 13.3. The number of nitrogens with zero attached hydrogens (tertiary/aromatic N) is 1. The molecule has 19 heavy (non-hydrogen) atoms. The SMILES string of the molecule is NCC1(Cc2nc3ccc(Cl)cc3o2)CCCCC1. The Bertz CT molecular complexity index is 573. The summed E-state index contributed by atoms with van der Waals surface area (Å²) in [5.41, 5.74) is 7.84. The van der Waals surface area contributed by atoms with Crippen LogP contribution in [0.1, 0.15) is 38.0 Å². The lowest BCUT2D eigenvalue weighted by atomic mass is 9.72. The number of hydrogen-bond acceptors (Lipinski definition) is 3. The van der Waals surface area contributed by atoms with Crippen LogP contribution in [0.3, 0.4) is 0 Å². The quantitative estimate of drug-likeness (QED) is 0.925. The van der Waals surface area contributed by atoms with E-state index >= 15 is 0 Å². The molecule has 0 bridgehead atoms. The zero-order valence-electron chi connectivity index (χ0n) is 11.0. The first-order chi connectivity index (χ1) is 9.21. The molecule has 1 saturated carbocycles. The van der Waals surface area contributed by atoms with E-state index < -0.39 is 0 Å². The largest absolute Gasteiger partial charge is 0.441 e. The number of oxazole rings is 1. The second-order valence-electron chi connectivity index (χ2n) is 5.66. The molecule has 102 valence electrons. The number of halogens is 1. The van der Waals surface area contributed by atoms with Crippen LogP contribution in [0.5, 0.6) is 0 Å². The Morgan fingerprint density at radius 1 is 1.26 bits per heavy atom. The molecule has 1 aromatic carbocycles. The number of rotatable bonds is 3. The first-order valence-electron chi connectivity index (χ1n) is 6.96. The number of fused-ring (bicyclic) bond motifs is 1. The number of benzene rings is 1. The van der Waals surface area contributed by atoms with E-state index in [0.717, 1.165) is 23.4 Å². The smallest absolute Gasteiger partial charge is 0.196 e. The topological polar surface area (TPSA) is 52.0 Å². The first kappa shape index (κ1) is 12.9. The van der Waals surface area contributed by atoms with Crippen molar-refractivity contribution >= 4 is 22.7 Å². The van der Waals surface area contributed by atoms with Crippen molar-refractivity contribution < 1.29 is 4.42 Å². The molecule has 0 amide bonds. The summed E-state index contributed by atoms with van der Waals surface area (Å²) < 4.78 is 5.83. The highest BCUT2D eigenvalue weighted by molar-refractivity contribution is 6.31. The lowest BCUT2D eigenvalue weighted by Crippen LogP contribution is -2.35. The van der Waals surface area contributed by atoms with Gasteiger partial charge in [0.25, 0.3) is 0 Å². The molecule has 1 aliphatic carbocycles. The molecule has 0 unspecified atom stereocenters. The minimum Gasteiger partial charge on any atom is -0.441 e.